The first kappa shape index (κ1) is 29.0. The molecule has 0 bridgehead atoms. The molecule has 1 unspecified atom stereocenters. The van der Waals surface area contributed by atoms with Crippen LogP contribution in [-0.4, -0.2) is 33.6 Å². The first-order valence-electron chi connectivity index (χ1n) is 12.9. The number of ketones is 1. The first-order chi connectivity index (χ1) is 19.9. The van der Waals surface area contributed by atoms with Gasteiger partial charge in [-0.1, -0.05) is 76.6 Å². The molecule has 0 saturated carbocycles. The van der Waals surface area contributed by atoms with E-state index in [1.54, 1.807) is 54.6 Å². The number of thioether (sulfide) groups is 1. The van der Waals surface area contributed by atoms with Gasteiger partial charge >= 0.3 is 5.91 Å². The average molecular weight is 655 g/mol. The zero-order chi connectivity index (χ0) is 28.9. The van der Waals surface area contributed by atoms with Crippen LogP contribution in [0, 0.1) is 5.82 Å². The Kier molecular flexibility index (Phi) is 9.16. The molecule has 210 valence electrons. The summed E-state index contributed by atoms with van der Waals surface area (Å²) in [6.07, 6.45) is 1.94. The number of halogens is 2. The van der Waals surface area contributed by atoms with Gasteiger partial charge in [-0.05, 0) is 66.1 Å². The number of Topliss-reactive ketones (excluding diaryl/α,β-unsaturated/α-hetero) is 1. The number of aromatic nitrogens is 2. The van der Waals surface area contributed by atoms with Crippen LogP contribution >= 0.6 is 39.0 Å². The summed E-state index contributed by atoms with van der Waals surface area (Å²) in [6, 6.07) is 19.3. The van der Waals surface area contributed by atoms with Gasteiger partial charge in [0, 0.05) is 15.8 Å². The van der Waals surface area contributed by atoms with Crippen molar-refractivity contribution in [2.24, 2.45) is 0 Å². The highest BCUT2D eigenvalue weighted by atomic mass is 79.9. The predicted molar refractivity (Wildman–Crippen MR) is 162 cm³/mol. The van der Waals surface area contributed by atoms with Crippen molar-refractivity contribution in [2.45, 2.75) is 35.9 Å². The molecule has 2 heterocycles. The molecule has 7 nitrogen and oxygen atoms in total. The van der Waals surface area contributed by atoms with E-state index >= 15 is 0 Å². The molecule has 1 atom stereocenters. The zero-order valence-corrected chi connectivity index (χ0v) is 25.1. The van der Waals surface area contributed by atoms with Crippen molar-refractivity contribution in [1.29, 1.82) is 0 Å². The van der Waals surface area contributed by atoms with Crippen LogP contribution < -0.4 is 9.64 Å². The number of nitrogens with zero attached hydrogens (tertiary/aromatic N) is 3. The Bertz CT molecular complexity index is 1590. The fourth-order valence-corrected chi connectivity index (χ4v) is 6.55. The third kappa shape index (κ3) is 6.52. The summed E-state index contributed by atoms with van der Waals surface area (Å²) in [5.41, 5.74) is 1.88. The summed E-state index contributed by atoms with van der Waals surface area (Å²) in [4.78, 5) is 28.2. The number of unbranched alkanes of at least 4 members (excludes halogenated alkanes) is 1. The standard InChI is InChI=1S/C30H25BrFN3O4S2/c1-2-3-15-39-23-13-9-19(10-14-23)26(36)24-25(20-5-4-6-21(31)16-20)35(28(38)27(24)37)29-33-34-30(41-29)40-17-18-7-11-22(32)12-8-18/h4-14,16,25,36H,2-3,15,17H2,1H3/b26-24+. The van der Waals surface area contributed by atoms with Crippen molar-refractivity contribution < 1.29 is 23.8 Å². The second-order valence-corrected chi connectivity index (χ2v) is 12.3. The van der Waals surface area contributed by atoms with Gasteiger partial charge in [-0.15, -0.1) is 10.2 Å². The summed E-state index contributed by atoms with van der Waals surface area (Å²) in [5, 5.41) is 20.1. The normalized spacial score (nSPS) is 16.4. The van der Waals surface area contributed by atoms with E-state index in [-0.39, 0.29) is 22.3 Å². The third-order valence-corrected chi connectivity index (χ3v) is 9.00. The van der Waals surface area contributed by atoms with Crippen LogP contribution in [0.3, 0.4) is 0 Å². The van der Waals surface area contributed by atoms with Crippen LogP contribution in [0.2, 0.25) is 0 Å². The highest BCUT2D eigenvalue weighted by Gasteiger charge is 2.48. The van der Waals surface area contributed by atoms with Gasteiger partial charge in [0.1, 0.15) is 17.3 Å². The summed E-state index contributed by atoms with van der Waals surface area (Å²) in [6.45, 7) is 2.67. The lowest BCUT2D eigenvalue weighted by atomic mass is 9.95. The van der Waals surface area contributed by atoms with Crippen molar-refractivity contribution in [1.82, 2.24) is 10.2 Å². The number of rotatable bonds is 10. The lowest BCUT2D eigenvalue weighted by Crippen LogP contribution is -2.29. The van der Waals surface area contributed by atoms with E-state index in [9.17, 15) is 19.1 Å². The second-order valence-electron chi connectivity index (χ2n) is 9.22. The smallest absolute Gasteiger partial charge is 0.301 e. The minimum absolute atomic E-state index is 0.0385. The van der Waals surface area contributed by atoms with Gasteiger partial charge in [-0.3, -0.25) is 14.5 Å². The van der Waals surface area contributed by atoms with E-state index in [0.717, 1.165) is 22.9 Å². The molecule has 1 fully saturated rings. The summed E-state index contributed by atoms with van der Waals surface area (Å²) in [7, 11) is 0. The highest BCUT2D eigenvalue weighted by Crippen LogP contribution is 2.44. The number of aliphatic hydroxyl groups is 1. The molecular weight excluding hydrogens is 629 g/mol. The number of hydrogen-bond donors (Lipinski definition) is 1. The second kappa shape index (κ2) is 13.0. The van der Waals surface area contributed by atoms with E-state index < -0.39 is 17.7 Å². The Morgan fingerprint density at radius 2 is 1.85 bits per heavy atom. The topological polar surface area (TPSA) is 92.6 Å². The number of anilines is 1. The van der Waals surface area contributed by atoms with Crippen LogP contribution in [0.1, 0.15) is 42.5 Å². The molecule has 0 spiro atoms. The van der Waals surface area contributed by atoms with E-state index in [1.807, 2.05) is 6.07 Å². The fourth-order valence-electron chi connectivity index (χ4n) is 4.30. The van der Waals surface area contributed by atoms with Crippen molar-refractivity contribution in [3.8, 4) is 5.75 Å². The zero-order valence-electron chi connectivity index (χ0n) is 21.9. The molecular formula is C30H25BrFN3O4S2. The molecule has 1 saturated heterocycles. The lowest BCUT2D eigenvalue weighted by molar-refractivity contribution is -0.132. The molecule has 1 aliphatic heterocycles. The Labute approximate surface area is 253 Å². The highest BCUT2D eigenvalue weighted by molar-refractivity contribution is 9.10. The van der Waals surface area contributed by atoms with Crippen LogP contribution in [-0.2, 0) is 15.3 Å². The van der Waals surface area contributed by atoms with Gasteiger partial charge in [0.05, 0.1) is 18.2 Å². The Morgan fingerprint density at radius 3 is 2.56 bits per heavy atom. The molecule has 1 amide bonds. The quantitative estimate of drug-likeness (QED) is 0.0472. The van der Waals surface area contributed by atoms with Crippen LogP contribution in [0.5, 0.6) is 5.75 Å². The summed E-state index contributed by atoms with van der Waals surface area (Å²) < 4.78 is 20.3. The predicted octanol–water partition coefficient (Wildman–Crippen LogP) is 7.54. The van der Waals surface area contributed by atoms with Crippen molar-refractivity contribution >= 4 is 61.6 Å². The van der Waals surface area contributed by atoms with Crippen LogP contribution in [0.4, 0.5) is 9.52 Å². The minimum Gasteiger partial charge on any atom is -0.507 e. The third-order valence-electron chi connectivity index (χ3n) is 6.38. The lowest BCUT2D eigenvalue weighted by Gasteiger charge is -2.22. The van der Waals surface area contributed by atoms with E-state index in [4.69, 9.17) is 4.74 Å². The Balaban J connectivity index is 1.48. The number of aliphatic hydroxyl groups excluding tert-OH is 1. The molecule has 0 aliphatic carbocycles. The van der Waals surface area contributed by atoms with Crippen LogP contribution in [0.25, 0.3) is 5.76 Å². The summed E-state index contributed by atoms with van der Waals surface area (Å²) in [5.74, 6) is -1.03. The molecule has 1 aliphatic rings. The summed E-state index contributed by atoms with van der Waals surface area (Å²) >= 11 is 6.03. The molecule has 3 aromatic carbocycles. The number of amides is 1. The number of carbonyl (C=O) groups is 2. The molecule has 41 heavy (non-hydrogen) atoms. The largest absolute Gasteiger partial charge is 0.507 e. The maximum Gasteiger partial charge on any atom is 0.301 e. The van der Waals surface area contributed by atoms with Crippen molar-refractivity contribution in [3.63, 3.8) is 0 Å². The number of ether oxygens (including phenoxy) is 1. The van der Waals surface area contributed by atoms with E-state index in [0.29, 0.717) is 33.6 Å². The Hall–Kier alpha value is -3.54. The minimum atomic E-state index is -0.920. The molecule has 0 radical (unpaired) electrons. The van der Waals surface area contributed by atoms with E-state index in [2.05, 4.69) is 33.1 Å². The van der Waals surface area contributed by atoms with Gasteiger partial charge < -0.3 is 9.84 Å². The maximum absolute atomic E-state index is 13.4. The van der Waals surface area contributed by atoms with Gasteiger partial charge in [0.25, 0.3) is 5.78 Å². The molecule has 5 rings (SSSR count). The number of benzene rings is 3. The molecule has 4 aromatic rings. The van der Waals surface area contributed by atoms with Gasteiger partial charge in [0.2, 0.25) is 5.13 Å². The number of carbonyl (C=O) groups excluding carboxylic acids is 2. The van der Waals surface area contributed by atoms with Gasteiger partial charge in [-0.25, -0.2) is 4.39 Å². The monoisotopic (exact) mass is 653 g/mol. The van der Waals surface area contributed by atoms with Gasteiger partial charge in [-0.2, -0.15) is 0 Å². The Morgan fingerprint density at radius 1 is 1.10 bits per heavy atom. The van der Waals surface area contributed by atoms with Crippen LogP contribution in [0.15, 0.2) is 87.2 Å². The first-order valence-corrected chi connectivity index (χ1v) is 15.5. The van der Waals surface area contributed by atoms with E-state index in [1.165, 1.54) is 40.1 Å². The average Bonchev–Trinajstić information content (AvgIpc) is 3.55. The SMILES string of the molecule is CCCCOc1ccc(/C(O)=C2\C(=O)C(=O)N(c3nnc(SCc4ccc(F)cc4)s3)C2c2cccc(Br)c2)cc1. The molecule has 11 heteroatoms. The number of hydrogen-bond acceptors (Lipinski definition) is 8. The fraction of sp³-hybridized carbons (Fsp3) is 0.200. The maximum atomic E-state index is 13.4. The van der Waals surface area contributed by atoms with Crippen molar-refractivity contribution in [2.75, 3.05) is 11.5 Å². The van der Waals surface area contributed by atoms with Crippen molar-refractivity contribution in [3.05, 3.63) is 105 Å². The molecule has 1 aromatic heterocycles. The molecule has 1 N–H and O–H groups in total. The van der Waals surface area contributed by atoms with Gasteiger partial charge in [0.15, 0.2) is 4.34 Å².